The molecule has 0 amide bonds. The van der Waals surface area contributed by atoms with Crippen molar-refractivity contribution in [1.82, 2.24) is 4.98 Å². The van der Waals surface area contributed by atoms with Crippen molar-refractivity contribution < 1.29 is 43.8 Å². The predicted octanol–water partition coefficient (Wildman–Crippen LogP) is 0.177. The van der Waals surface area contributed by atoms with Crippen LogP contribution in [0.5, 0.6) is 17.2 Å². The maximum absolute atomic E-state index is 10.2. The highest BCUT2D eigenvalue weighted by Crippen LogP contribution is 2.42. The van der Waals surface area contributed by atoms with Crippen LogP contribution in [-0.2, 0) is 4.74 Å². The Labute approximate surface area is 164 Å². The summed E-state index contributed by atoms with van der Waals surface area (Å²) in [6.07, 6.45) is -5.54. The monoisotopic (exact) mass is 407 g/mol. The van der Waals surface area contributed by atoms with Gasteiger partial charge in [-0.1, -0.05) is 0 Å². The molecule has 29 heavy (non-hydrogen) atoms. The van der Waals surface area contributed by atoms with Gasteiger partial charge in [0.25, 0.3) is 0 Å². The van der Waals surface area contributed by atoms with Gasteiger partial charge in [-0.25, -0.2) is 4.98 Å². The summed E-state index contributed by atoms with van der Waals surface area (Å²) in [5, 5.41) is 40.8. The van der Waals surface area contributed by atoms with Gasteiger partial charge in [0.1, 0.15) is 35.7 Å². The summed E-state index contributed by atoms with van der Waals surface area (Å²) in [5.74, 6) is 0.956. The zero-order chi connectivity index (χ0) is 20.7. The summed E-state index contributed by atoms with van der Waals surface area (Å²) in [6.45, 7) is -0.561. The maximum Gasteiger partial charge on any atom is 0.230 e. The molecule has 0 saturated carbocycles. The van der Waals surface area contributed by atoms with Crippen molar-refractivity contribution in [2.75, 3.05) is 20.8 Å². The third kappa shape index (κ3) is 3.15. The fourth-order valence-electron chi connectivity index (χ4n) is 3.45. The molecule has 1 aliphatic heterocycles. The standard InChI is InChI=1S/C19H21NO9/c1-25-16-8-3-4-10(17(26-2)12(8)20-18-9(16)5-6-27-18)28-19-15(24)14(23)13(22)11(7-21)29-19/h3-6,11,13-15,19,21-24H,7H2,1-2H3/t11-,13+,14-,15+,19-/m1/s1. The van der Waals surface area contributed by atoms with Crippen LogP contribution >= 0.6 is 0 Å². The minimum absolute atomic E-state index is 0.171. The van der Waals surface area contributed by atoms with Gasteiger partial charge in [-0.3, -0.25) is 0 Å². The highest BCUT2D eigenvalue weighted by Gasteiger charge is 2.45. The van der Waals surface area contributed by atoms with Crippen LogP contribution in [-0.4, -0.2) is 76.9 Å². The molecular formula is C19H21NO9. The number of aliphatic hydroxyl groups is 4. The van der Waals surface area contributed by atoms with E-state index >= 15 is 0 Å². The average molecular weight is 407 g/mol. The molecule has 1 saturated heterocycles. The minimum atomic E-state index is -1.56. The number of fused-ring (bicyclic) bond motifs is 2. The van der Waals surface area contributed by atoms with E-state index in [2.05, 4.69) is 4.98 Å². The van der Waals surface area contributed by atoms with Crippen molar-refractivity contribution in [1.29, 1.82) is 0 Å². The molecule has 156 valence electrons. The highest BCUT2D eigenvalue weighted by molar-refractivity contribution is 6.02. The number of aromatic nitrogens is 1. The molecule has 3 aromatic rings. The lowest BCUT2D eigenvalue weighted by Gasteiger charge is -2.39. The van der Waals surface area contributed by atoms with Crippen LogP contribution < -0.4 is 14.2 Å². The van der Waals surface area contributed by atoms with Crippen molar-refractivity contribution in [2.45, 2.75) is 30.7 Å². The lowest BCUT2D eigenvalue weighted by molar-refractivity contribution is -0.277. The molecule has 2 aromatic heterocycles. The van der Waals surface area contributed by atoms with E-state index in [4.69, 9.17) is 23.4 Å². The SMILES string of the molecule is COc1c2ccoc2nc2c(OC)c(O[C@@H]3O[C@H](CO)[C@H](O)[C@@H](O)[C@@H]3O)ccc12. The number of furan rings is 1. The summed E-state index contributed by atoms with van der Waals surface area (Å²) < 4.78 is 27.5. The van der Waals surface area contributed by atoms with Gasteiger partial charge in [-0.2, -0.15) is 0 Å². The lowest BCUT2D eigenvalue weighted by atomic mass is 9.99. The van der Waals surface area contributed by atoms with E-state index in [1.54, 1.807) is 18.2 Å². The van der Waals surface area contributed by atoms with Crippen LogP contribution in [0, 0.1) is 0 Å². The van der Waals surface area contributed by atoms with E-state index in [0.717, 1.165) is 0 Å². The Bertz CT molecular complexity index is 1020. The molecule has 0 unspecified atom stereocenters. The van der Waals surface area contributed by atoms with E-state index in [1.165, 1.54) is 20.5 Å². The molecular weight excluding hydrogens is 386 g/mol. The number of hydrogen-bond acceptors (Lipinski definition) is 10. The maximum atomic E-state index is 10.2. The molecule has 1 aromatic carbocycles. The molecule has 1 aliphatic rings. The van der Waals surface area contributed by atoms with Gasteiger partial charge in [-0.15, -0.1) is 0 Å². The van der Waals surface area contributed by atoms with Crippen molar-refractivity contribution in [2.24, 2.45) is 0 Å². The zero-order valence-corrected chi connectivity index (χ0v) is 15.7. The van der Waals surface area contributed by atoms with Crippen molar-refractivity contribution >= 4 is 22.0 Å². The van der Waals surface area contributed by atoms with E-state index in [0.29, 0.717) is 27.8 Å². The number of nitrogens with zero attached hydrogens (tertiary/aromatic N) is 1. The Hall–Kier alpha value is -2.63. The second-order valence-electron chi connectivity index (χ2n) is 6.59. The Balaban J connectivity index is 1.77. The van der Waals surface area contributed by atoms with Gasteiger partial charge < -0.3 is 43.8 Å². The van der Waals surface area contributed by atoms with Gasteiger partial charge in [0.15, 0.2) is 11.5 Å². The molecule has 0 spiro atoms. The Morgan fingerprint density at radius 2 is 1.72 bits per heavy atom. The van der Waals surface area contributed by atoms with Gasteiger partial charge >= 0.3 is 0 Å². The summed E-state index contributed by atoms with van der Waals surface area (Å²) in [5.41, 5.74) is 0.742. The number of methoxy groups -OCH3 is 2. The zero-order valence-electron chi connectivity index (χ0n) is 15.7. The van der Waals surface area contributed by atoms with Crippen LogP contribution in [0.2, 0.25) is 0 Å². The molecule has 3 heterocycles. The second-order valence-corrected chi connectivity index (χ2v) is 6.59. The first-order valence-electron chi connectivity index (χ1n) is 8.89. The molecule has 4 N–H and O–H groups in total. The summed E-state index contributed by atoms with van der Waals surface area (Å²) in [7, 11) is 2.96. The first kappa shape index (κ1) is 19.7. The molecule has 10 heteroatoms. The van der Waals surface area contributed by atoms with Gasteiger partial charge in [0.2, 0.25) is 12.0 Å². The minimum Gasteiger partial charge on any atom is -0.495 e. The topological polar surface area (TPSA) is 144 Å². The summed E-state index contributed by atoms with van der Waals surface area (Å²) >= 11 is 0. The number of hydrogen-bond donors (Lipinski definition) is 4. The van der Waals surface area contributed by atoms with Gasteiger partial charge in [0, 0.05) is 5.39 Å². The summed E-state index contributed by atoms with van der Waals surface area (Å²) in [6, 6.07) is 5.03. The highest BCUT2D eigenvalue weighted by atomic mass is 16.7. The lowest BCUT2D eigenvalue weighted by Crippen LogP contribution is -2.60. The molecule has 0 bridgehead atoms. The predicted molar refractivity (Wildman–Crippen MR) is 99.0 cm³/mol. The summed E-state index contributed by atoms with van der Waals surface area (Å²) in [4.78, 5) is 4.46. The van der Waals surface area contributed by atoms with Crippen LogP contribution in [0.1, 0.15) is 0 Å². The molecule has 0 aliphatic carbocycles. The quantitative estimate of drug-likeness (QED) is 0.462. The smallest absolute Gasteiger partial charge is 0.230 e. The molecule has 10 nitrogen and oxygen atoms in total. The van der Waals surface area contributed by atoms with Crippen molar-refractivity contribution in [3.63, 3.8) is 0 Å². The van der Waals surface area contributed by atoms with Crippen LogP contribution in [0.15, 0.2) is 28.9 Å². The third-order valence-electron chi connectivity index (χ3n) is 4.94. The van der Waals surface area contributed by atoms with E-state index in [-0.39, 0.29) is 11.5 Å². The van der Waals surface area contributed by atoms with E-state index in [1.807, 2.05) is 0 Å². The number of aliphatic hydroxyl groups excluding tert-OH is 4. The first-order chi connectivity index (χ1) is 14.0. The van der Waals surface area contributed by atoms with Crippen LogP contribution in [0.25, 0.3) is 22.0 Å². The average Bonchev–Trinajstić information content (AvgIpc) is 3.20. The molecule has 1 fully saturated rings. The number of ether oxygens (including phenoxy) is 4. The Morgan fingerprint density at radius 1 is 0.966 bits per heavy atom. The first-order valence-corrected chi connectivity index (χ1v) is 8.89. The number of rotatable bonds is 5. The largest absolute Gasteiger partial charge is 0.495 e. The second kappa shape index (κ2) is 7.65. The molecule has 4 rings (SSSR count). The molecule has 0 radical (unpaired) electrons. The molecule has 5 atom stereocenters. The number of benzene rings is 1. The van der Waals surface area contributed by atoms with E-state index < -0.39 is 37.3 Å². The third-order valence-corrected chi connectivity index (χ3v) is 4.94. The van der Waals surface area contributed by atoms with Crippen molar-refractivity contribution in [3.8, 4) is 17.2 Å². The fourth-order valence-corrected chi connectivity index (χ4v) is 3.45. The normalized spacial score (nSPS) is 27.3. The van der Waals surface area contributed by atoms with Crippen LogP contribution in [0.3, 0.4) is 0 Å². The number of pyridine rings is 1. The van der Waals surface area contributed by atoms with Crippen LogP contribution in [0.4, 0.5) is 0 Å². The Morgan fingerprint density at radius 3 is 2.41 bits per heavy atom. The van der Waals surface area contributed by atoms with Gasteiger partial charge in [0.05, 0.1) is 32.5 Å². The van der Waals surface area contributed by atoms with Crippen molar-refractivity contribution in [3.05, 3.63) is 24.5 Å². The van der Waals surface area contributed by atoms with Gasteiger partial charge in [-0.05, 0) is 18.2 Å². The van der Waals surface area contributed by atoms with E-state index in [9.17, 15) is 20.4 Å². The fraction of sp³-hybridized carbons (Fsp3) is 0.421. The Kier molecular flexibility index (Phi) is 5.19.